The molecule has 2 aromatic rings. The number of hydrogen-bond donors (Lipinski definition) is 2. The molecule has 0 aromatic heterocycles. The van der Waals surface area contributed by atoms with E-state index < -0.39 is 0 Å². The van der Waals surface area contributed by atoms with Gasteiger partial charge >= 0.3 is 0 Å². The largest absolute Gasteiger partial charge is 0.385 e. The van der Waals surface area contributed by atoms with Gasteiger partial charge in [-0.2, -0.15) is 0 Å². The molecule has 0 atom stereocenters. The zero-order valence-electron chi connectivity index (χ0n) is 14.6. The van der Waals surface area contributed by atoms with Crippen molar-refractivity contribution < 1.29 is 9.53 Å². The Kier molecular flexibility index (Phi) is 5.90. The van der Waals surface area contributed by atoms with E-state index in [0.717, 1.165) is 43.4 Å². The predicted molar refractivity (Wildman–Crippen MR) is 102 cm³/mol. The van der Waals surface area contributed by atoms with Crippen LogP contribution in [0.5, 0.6) is 0 Å². The van der Waals surface area contributed by atoms with E-state index in [1.54, 1.807) is 0 Å². The molecule has 0 saturated carbocycles. The monoisotopic (exact) mass is 339 g/mol. The quantitative estimate of drug-likeness (QED) is 0.848. The average Bonchev–Trinajstić information content (AvgIpc) is 2.63. The van der Waals surface area contributed by atoms with Crippen molar-refractivity contribution in [2.24, 2.45) is 0 Å². The number of rotatable bonds is 6. The van der Waals surface area contributed by atoms with Gasteiger partial charge in [0.2, 0.25) is 5.91 Å². The van der Waals surface area contributed by atoms with Crippen molar-refractivity contribution in [3.63, 3.8) is 0 Å². The highest BCUT2D eigenvalue weighted by Crippen LogP contribution is 2.26. The Bertz CT molecular complexity index is 712. The van der Waals surface area contributed by atoms with Gasteiger partial charge in [0.1, 0.15) is 0 Å². The molecule has 1 saturated heterocycles. The maximum atomic E-state index is 12.3. The molecule has 5 heteroatoms. The molecule has 0 bridgehead atoms. The van der Waals surface area contributed by atoms with Crippen molar-refractivity contribution in [1.29, 1.82) is 0 Å². The minimum atomic E-state index is 0.0147. The van der Waals surface area contributed by atoms with Crippen LogP contribution in [0.25, 0.3) is 0 Å². The van der Waals surface area contributed by atoms with Crippen molar-refractivity contribution >= 4 is 23.0 Å². The SMILES string of the molecule is Cc1cccc(NCCC(=O)Nc2ccccc2N2CCOCC2)c1. The number of ether oxygens (including phenoxy) is 1. The van der Waals surface area contributed by atoms with Crippen LogP contribution in [0.4, 0.5) is 17.1 Å². The lowest BCUT2D eigenvalue weighted by atomic mass is 10.2. The Morgan fingerprint density at radius 2 is 1.92 bits per heavy atom. The number of hydrogen-bond acceptors (Lipinski definition) is 4. The highest BCUT2D eigenvalue weighted by atomic mass is 16.5. The minimum Gasteiger partial charge on any atom is -0.385 e. The Hall–Kier alpha value is -2.53. The lowest BCUT2D eigenvalue weighted by Crippen LogP contribution is -2.36. The Morgan fingerprint density at radius 1 is 1.12 bits per heavy atom. The van der Waals surface area contributed by atoms with E-state index >= 15 is 0 Å². The highest BCUT2D eigenvalue weighted by molar-refractivity contribution is 5.94. The molecule has 2 aromatic carbocycles. The molecule has 1 amide bonds. The molecule has 1 aliphatic heterocycles. The van der Waals surface area contributed by atoms with Gasteiger partial charge in [0.05, 0.1) is 24.6 Å². The fourth-order valence-electron chi connectivity index (χ4n) is 2.95. The van der Waals surface area contributed by atoms with E-state index in [2.05, 4.69) is 34.6 Å². The number of anilines is 3. The standard InChI is InChI=1S/C20H25N3O2/c1-16-5-4-6-17(15-16)21-10-9-20(24)22-18-7-2-3-8-19(18)23-11-13-25-14-12-23/h2-8,15,21H,9-14H2,1H3,(H,22,24). The lowest BCUT2D eigenvalue weighted by Gasteiger charge is -2.30. The van der Waals surface area contributed by atoms with Crippen LogP contribution in [0, 0.1) is 6.92 Å². The third-order valence-corrected chi connectivity index (χ3v) is 4.23. The van der Waals surface area contributed by atoms with Crippen LogP contribution in [0.15, 0.2) is 48.5 Å². The molecule has 1 heterocycles. The number of nitrogens with one attached hydrogen (secondary N) is 2. The number of carbonyl (C=O) groups is 1. The number of amides is 1. The molecule has 0 aliphatic carbocycles. The predicted octanol–water partition coefficient (Wildman–Crippen LogP) is 3.27. The van der Waals surface area contributed by atoms with Crippen LogP contribution < -0.4 is 15.5 Å². The van der Waals surface area contributed by atoms with E-state index in [-0.39, 0.29) is 5.91 Å². The smallest absolute Gasteiger partial charge is 0.226 e. The van der Waals surface area contributed by atoms with Gasteiger partial charge in [-0.25, -0.2) is 0 Å². The fourth-order valence-corrected chi connectivity index (χ4v) is 2.95. The van der Waals surface area contributed by atoms with Crippen LogP contribution in [-0.2, 0) is 9.53 Å². The summed E-state index contributed by atoms with van der Waals surface area (Å²) in [5, 5.41) is 6.34. The fraction of sp³-hybridized carbons (Fsp3) is 0.350. The maximum absolute atomic E-state index is 12.3. The Balaban J connectivity index is 1.54. The minimum absolute atomic E-state index is 0.0147. The molecule has 0 radical (unpaired) electrons. The molecule has 2 N–H and O–H groups in total. The molecule has 1 aliphatic rings. The van der Waals surface area contributed by atoms with E-state index in [1.807, 2.05) is 36.4 Å². The Labute approximate surface area is 149 Å². The van der Waals surface area contributed by atoms with Gasteiger partial charge in [-0.1, -0.05) is 24.3 Å². The molecule has 132 valence electrons. The summed E-state index contributed by atoms with van der Waals surface area (Å²) in [5.74, 6) is 0.0147. The molecule has 1 fully saturated rings. The Morgan fingerprint density at radius 3 is 2.72 bits per heavy atom. The summed E-state index contributed by atoms with van der Waals surface area (Å²) in [6.45, 7) is 5.81. The third-order valence-electron chi connectivity index (χ3n) is 4.23. The summed E-state index contributed by atoms with van der Waals surface area (Å²) >= 11 is 0. The van der Waals surface area contributed by atoms with Crippen LogP contribution >= 0.6 is 0 Å². The molecular formula is C20H25N3O2. The second-order valence-corrected chi connectivity index (χ2v) is 6.21. The van der Waals surface area contributed by atoms with Gasteiger partial charge in [0.15, 0.2) is 0 Å². The van der Waals surface area contributed by atoms with Crippen LogP contribution in [0.2, 0.25) is 0 Å². The first-order chi connectivity index (χ1) is 12.2. The van der Waals surface area contributed by atoms with E-state index in [0.29, 0.717) is 13.0 Å². The van der Waals surface area contributed by atoms with Gasteiger partial charge in [-0.3, -0.25) is 4.79 Å². The van der Waals surface area contributed by atoms with Crippen LogP contribution in [0.3, 0.4) is 0 Å². The number of para-hydroxylation sites is 2. The van der Waals surface area contributed by atoms with Gasteiger partial charge in [-0.05, 0) is 36.8 Å². The third kappa shape index (κ3) is 4.97. The average molecular weight is 339 g/mol. The second-order valence-electron chi connectivity index (χ2n) is 6.21. The van der Waals surface area contributed by atoms with Crippen molar-refractivity contribution in [1.82, 2.24) is 0 Å². The summed E-state index contributed by atoms with van der Waals surface area (Å²) < 4.78 is 5.41. The number of nitrogens with zero attached hydrogens (tertiary/aromatic N) is 1. The van der Waals surface area contributed by atoms with E-state index in [1.165, 1.54) is 5.56 Å². The molecule has 5 nitrogen and oxygen atoms in total. The van der Waals surface area contributed by atoms with Crippen molar-refractivity contribution in [2.75, 3.05) is 48.4 Å². The van der Waals surface area contributed by atoms with E-state index in [9.17, 15) is 4.79 Å². The highest BCUT2D eigenvalue weighted by Gasteiger charge is 2.15. The summed E-state index contributed by atoms with van der Waals surface area (Å²) in [6, 6.07) is 16.1. The molecule has 0 unspecified atom stereocenters. The van der Waals surface area contributed by atoms with Crippen LogP contribution in [-0.4, -0.2) is 38.8 Å². The summed E-state index contributed by atoms with van der Waals surface area (Å²) in [7, 11) is 0. The van der Waals surface area contributed by atoms with E-state index in [4.69, 9.17) is 4.74 Å². The summed E-state index contributed by atoms with van der Waals surface area (Å²) in [6.07, 6.45) is 0.422. The molecular weight excluding hydrogens is 314 g/mol. The van der Waals surface area contributed by atoms with Gasteiger partial charge < -0.3 is 20.3 Å². The topological polar surface area (TPSA) is 53.6 Å². The van der Waals surface area contributed by atoms with Gasteiger partial charge in [0, 0.05) is 31.7 Å². The molecule has 3 rings (SSSR count). The van der Waals surface area contributed by atoms with Gasteiger partial charge in [0.25, 0.3) is 0 Å². The number of carbonyl (C=O) groups excluding carboxylic acids is 1. The van der Waals surface area contributed by atoms with Crippen molar-refractivity contribution in [3.8, 4) is 0 Å². The number of benzene rings is 2. The van der Waals surface area contributed by atoms with Crippen molar-refractivity contribution in [3.05, 3.63) is 54.1 Å². The normalized spacial score (nSPS) is 14.2. The van der Waals surface area contributed by atoms with Crippen LogP contribution in [0.1, 0.15) is 12.0 Å². The first-order valence-electron chi connectivity index (χ1n) is 8.74. The summed E-state index contributed by atoms with van der Waals surface area (Å²) in [4.78, 5) is 14.6. The first-order valence-corrected chi connectivity index (χ1v) is 8.74. The number of morpholine rings is 1. The summed E-state index contributed by atoms with van der Waals surface area (Å²) in [5.41, 5.74) is 4.17. The molecule has 25 heavy (non-hydrogen) atoms. The zero-order valence-corrected chi connectivity index (χ0v) is 14.6. The molecule has 0 spiro atoms. The zero-order chi connectivity index (χ0) is 17.5. The second kappa shape index (κ2) is 8.53. The lowest BCUT2D eigenvalue weighted by molar-refractivity contribution is -0.115. The van der Waals surface area contributed by atoms with Gasteiger partial charge in [-0.15, -0.1) is 0 Å². The maximum Gasteiger partial charge on any atom is 0.226 e. The van der Waals surface area contributed by atoms with Crippen molar-refractivity contribution in [2.45, 2.75) is 13.3 Å². The number of aryl methyl sites for hydroxylation is 1. The first kappa shape index (κ1) is 17.3.